The molecule has 1 rings (SSSR count). The molecular formula is C11H19N3O2S. The van der Waals surface area contributed by atoms with Crippen molar-refractivity contribution in [3.63, 3.8) is 0 Å². The van der Waals surface area contributed by atoms with E-state index in [4.69, 9.17) is 0 Å². The Morgan fingerprint density at radius 3 is 2.29 bits per heavy atom. The van der Waals surface area contributed by atoms with Gasteiger partial charge in [0.2, 0.25) is 10.0 Å². The van der Waals surface area contributed by atoms with Gasteiger partial charge in [0, 0.05) is 13.1 Å². The van der Waals surface area contributed by atoms with Gasteiger partial charge in [-0.1, -0.05) is 0 Å². The number of aromatic nitrogens is 1. The normalized spacial score (nSPS) is 11.2. The van der Waals surface area contributed by atoms with E-state index in [-0.39, 0.29) is 5.75 Å². The zero-order valence-corrected chi connectivity index (χ0v) is 11.3. The van der Waals surface area contributed by atoms with Crippen LogP contribution in [0.5, 0.6) is 0 Å². The third kappa shape index (κ3) is 3.89. The molecule has 0 spiro atoms. The van der Waals surface area contributed by atoms with Gasteiger partial charge in [-0.25, -0.2) is 13.4 Å². The van der Waals surface area contributed by atoms with Crippen molar-refractivity contribution in [2.45, 2.75) is 20.8 Å². The smallest absolute Gasteiger partial charge is 0.232 e. The molecule has 1 heterocycles. The third-order valence-electron chi connectivity index (χ3n) is 2.49. The van der Waals surface area contributed by atoms with Crippen LogP contribution in [0.3, 0.4) is 0 Å². The van der Waals surface area contributed by atoms with Crippen LogP contribution in [0.2, 0.25) is 0 Å². The molecular weight excluding hydrogens is 238 g/mol. The van der Waals surface area contributed by atoms with Crippen LogP contribution in [0.15, 0.2) is 18.3 Å². The maximum Gasteiger partial charge on any atom is 0.232 e. The van der Waals surface area contributed by atoms with Crippen LogP contribution in [0.1, 0.15) is 20.8 Å². The second kappa shape index (κ2) is 5.86. The van der Waals surface area contributed by atoms with Crippen LogP contribution in [0.25, 0.3) is 0 Å². The molecule has 1 aromatic rings. The summed E-state index contributed by atoms with van der Waals surface area (Å²) in [7, 11) is -3.22. The molecule has 6 heteroatoms. The quantitative estimate of drug-likeness (QED) is 0.842. The van der Waals surface area contributed by atoms with Gasteiger partial charge in [-0.05, 0) is 32.9 Å². The van der Waals surface area contributed by atoms with Crippen molar-refractivity contribution < 1.29 is 8.42 Å². The van der Waals surface area contributed by atoms with Crippen molar-refractivity contribution in [1.29, 1.82) is 0 Å². The molecule has 0 bridgehead atoms. The highest BCUT2D eigenvalue weighted by molar-refractivity contribution is 7.92. The summed E-state index contributed by atoms with van der Waals surface area (Å²) in [6.07, 6.45) is 1.54. The van der Waals surface area contributed by atoms with Gasteiger partial charge in [-0.15, -0.1) is 0 Å². The van der Waals surface area contributed by atoms with Crippen LogP contribution >= 0.6 is 0 Å². The summed E-state index contributed by atoms with van der Waals surface area (Å²) in [5.41, 5.74) is 0.503. The molecule has 1 aromatic heterocycles. The Morgan fingerprint density at radius 2 is 1.88 bits per heavy atom. The summed E-state index contributed by atoms with van der Waals surface area (Å²) in [6, 6.07) is 3.55. The molecule has 0 aliphatic heterocycles. The molecule has 0 radical (unpaired) electrons. The fraction of sp³-hybridized carbons (Fsp3) is 0.545. The monoisotopic (exact) mass is 257 g/mol. The van der Waals surface area contributed by atoms with E-state index in [1.807, 2.05) is 6.07 Å². The highest BCUT2D eigenvalue weighted by Gasteiger charge is 2.08. The lowest BCUT2D eigenvalue weighted by molar-refractivity contribution is 0.602. The molecule has 5 nitrogen and oxygen atoms in total. The maximum absolute atomic E-state index is 11.4. The van der Waals surface area contributed by atoms with Gasteiger partial charge < -0.3 is 4.90 Å². The minimum Gasteiger partial charge on any atom is -0.357 e. The van der Waals surface area contributed by atoms with Crippen LogP contribution in [-0.4, -0.2) is 32.2 Å². The van der Waals surface area contributed by atoms with Gasteiger partial charge in [-0.3, -0.25) is 4.72 Å². The summed E-state index contributed by atoms with van der Waals surface area (Å²) in [4.78, 5) is 6.33. The second-order valence-electron chi connectivity index (χ2n) is 3.58. The maximum atomic E-state index is 11.4. The fourth-order valence-corrected chi connectivity index (χ4v) is 2.06. The standard InChI is InChI=1S/C11H19N3O2S/c1-4-14(5-2)11-8-7-10(9-12-11)13-17(15,16)6-3/h7-9,13H,4-6H2,1-3H3. The first-order valence-corrected chi connectivity index (χ1v) is 7.39. The number of pyridine rings is 1. The van der Waals surface area contributed by atoms with Crippen molar-refractivity contribution in [2.24, 2.45) is 0 Å². The summed E-state index contributed by atoms with van der Waals surface area (Å²) in [6.45, 7) is 7.46. The number of nitrogens with zero attached hydrogens (tertiary/aromatic N) is 2. The summed E-state index contributed by atoms with van der Waals surface area (Å²) >= 11 is 0. The Bertz CT molecular complexity index is 438. The Morgan fingerprint density at radius 1 is 1.24 bits per heavy atom. The summed E-state index contributed by atoms with van der Waals surface area (Å²) in [5, 5.41) is 0. The molecule has 0 aromatic carbocycles. The minimum atomic E-state index is -3.22. The first-order valence-electron chi connectivity index (χ1n) is 5.73. The minimum absolute atomic E-state index is 0.0603. The van der Waals surface area contributed by atoms with E-state index >= 15 is 0 Å². The topological polar surface area (TPSA) is 62.3 Å². The number of hydrogen-bond acceptors (Lipinski definition) is 4. The van der Waals surface area contributed by atoms with E-state index in [0.717, 1.165) is 18.9 Å². The van der Waals surface area contributed by atoms with Crippen LogP contribution in [-0.2, 0) is 10.0 Å². The van der Waals surface area contributed by atoms with E-state index in [1.54, 1.807) is 19.2 Å². The molecule has 96 valence electrons. The lowest BCUT2D eigenvalue weighted by atomic mass is 10.4. The predicted molar refractivity (Wildman–Crippen MR) is 70.9 cm³/mol. The Labute approximate surface area is 103 Å². The predicted octanol–water partition coefficient (Wildman–Crippen LogP) is 1.69. The molecule has 1 N–H and O–H groups in total. The molecule has 0 atom stereocenters. The first kappa shape index (κ1) is 13.8. The lowest BCUT2D eigenvalue weighted by Gasteiger charge is -2.19. The van der Waals surface area contributed by atoms with Crippen molar-refractivity contribution in [3.8, 4) is 0 Å². The van der Waals surface area contributed by atoms with E-state index < -0.39 is 10.0 Å². The molecule has 0 amide bonds. The Balaban J connectivity index is 2.81. The molecule has 0 saturated carbocycles. The number of hydrogen-bond donors (Lipinski definition) is 1. The first-order chi connectivity index (χ1) is 8.02. The Hall–Kier alpha value is -1.30. The van der Waals surface area contributed by atoms with Crippen LogP contribution in [0, 0.1) is 0 Å². The largest absolute Gasteiger partial charge is 0.357 e. The number of nitrogens with one attached hydrogen (secondary N) is 1. The van der Waals surface area contributed by atoms with E-state index in [0.29, 0.717) is 5.69 Å². The van der Waals surface area contributed by atoms with Crippen molar-refractivity contribution in [1.82, 2.24) is 4.98 Å². The summed E-state index contributed by atoms with van der Waals surface area (Å²) in [5.74, 6) is 0.916. The van der Waals surface area contributed by atoms with Crippen molar-refractivity contribution in [2.75, 3.05) is 28.5 Å². The molecule has 0 fully saturated rings. The summed E-state index contributed by atoms with van der Waals surface area (Å²) < 4.78 is 25.2. The molecule has 0 aliphatic rings. The highest BCUT2D eigenvalue weighted by Crippen LogP contribution is 2.14. The number of anilines is 2. The fourth-order valence-electron chi connectivity index (χ4n) is 1.43. The van der Waals surface area contributed by atoms with Gasteiger partial charge in [0.25, 0.3) is 0 Å². The third-order valence-corrected chi connectivity index (χ3v) is 3.80. The van der Waals surface area contributed by atoms with Crippen molar-refractivity contribution >= 4 is 21.5 Å². The van der Waals surface area contributed by atoms with E-state index in [9.17, 15) is 8.42 Å². The average molecular weight is 257 g/mol. The number of sulfonamides is 1. The average Bonchev–Trinajstić information content (AvgIpc) is 2.32. The SMILES string of the molecule is CCN(CC)c1ccc(NS(=O)(=O)CC)cn1. The van der Waals surface area contributed by atoms with Gasteiger partial charge >= 0.3 is 0 Å². The number of rotatable bonds is 6. The zero-order valence-electron chi connectivity index (χ0n) is 10.5. The van der Waals surface area contributed by atoms with Gasteiger partial charge in [0.15, 0.2) is 0 Å². The van der Waals surface area contributed by atoms with E-state index in [1.165, 1.54) is 0 Å². The lowest BCUT2D eigenvalue weighted by Crippen LogP contribution is -2.23. The van der Waals surface area contributed by atoms with Gasteiger partial charge in [0.1, 0.15) is 5.82 Å². The van der Waals surface area contributed by atoms with Gasteiger partial charge in [-0.2, -0.15) is 0 Å². The van der Waals surface area contributed by atoms with Crippen LogP contribution < -0.4 is 9.62 Å². The molecule has 17 heavy (non-hydrogen) atoms. The highest BCUT2D eigenvalue weighted by atomic mass is 32.2. The molecule has 0 saturated heterocycles. The van der Waals surface area contributed by atoms with Crippen molar-refractivity contribution in [3.05, 3.63) is 18.3 Å². The zero-order chi connectivity index (χ0) is 12.9. The molecule has 0 unspecified atom stereocenters. The Kier molecular flexibility index (Phi) is 4.74. The molecule has 0 aliphatic carbocycles. The van der Waals surface area contributed by atoms with Gasteiger partial charge in [0.05, 0.1) is 17.6 Å². The second-order valence-corrected chi connectivity index (χ2v) is 5.59. The van der Waals surface area contributed by atoms with Crippen LogP contribution in [0.4, 0.5) is 11.5 Å². The van der Waals surface area contributed by atoms with E-state index in [2.05, 4.69) is 28.5 Å².